The number of urea groups is 1. The van der Waals surface area contributed by atoms with Crippen molar-refractivity contribution in [2.45, 2.75) is 38.6 Å². The van der Waals surface area contributed by atoms with Crippen molar-refractivity contribution in [2.24, 2.45) is 0 Å². The van der Waals surface area contributed by atoms with Crippen molar-refractivity contribution in [2.75, 3.05) is 27.2 Å². The Kier molecular flexibility index (Phi) is 8.43. The van der Waals surface area contributed by atoms with Gasteiger partial charge < -0.3 is 25.0 Å². The molecule has 2 fully saturated rings. The van der Waals surface area contributed by atoms with Gasteiger partial charge in [-0.2, -0.15) is 0 Å². The van der Waals surface area contributed by atoms with Crippen molar-refractivity contribution < 1.29 is 24.2 Å². The molecule has 2 aliphatic heterocycles. The summed E-state index contributed by atoms with van der Waals surface area (Å²) >= 11 is 6.37. The van der Waals surface area contributed by atoms with E-state index in [9.17, 15) is 19.5 Å². The van der Waals surface area contributed by atoms with Crippen LogP contribution in [0, 0.1) is 0 Å². The van der Waals surface area contributed by atoms with Crippen LogP contribution in [0.15, 0.2) is 60.4 Å². The molecule has 2 heterocycles. The van der Waals surface area contributed by atoms with Gasteiger partial charge in [0.25, 0.3) is 0 Å². The van der Waals surface area contributed by atoms with Crippen LogP contribution in [0.25, 0.3) is 0 Å². The predicted octanol–water partition coefficient (Wildman–Crippen LogP) is 3.14. The lowest BCUT2D eigenvalue weighted by Crippen LogP contribution is -2.75. The number of methoxy groups -OCH3 is 1. The maximum absolute atomic E-state index is 13.6. The van der Waals surface area contributed by atoms with Gasteiger partial charge in [0.1, 0.15) is 18.0 Å². The lowest BCUT2D eigenvalue weighted by molar-refractivity contribution is -0.187. The molecule has 11 heteroatoms. The van der Waals surface area contributed by atoms with Crippen LogP contribution < -0.4 is 10.1 Å². The summed E-state index contributed by atoms with van der Waals surface area (Å²) in [7, 11) is 3.25. The molecule has 2 saturated heterocycles. The molecule has 4 amide bonds. The number of hydrazine groups is 1. The number of nitrogens with zero attached hydrogens (tertiary/aromatic N) is 4. The number of ether oxygens (including phenoxy) is 1. The molecule has 2 N–H and O–H groups in total. The molecule has 10 nitrogen and oxygen atoms in total. The average molecular weight is 542 g/mol. The minimum Gasteiger partial charge on any atom is -0.513 e. The van der Waals surface area contributed by atoms with E-state index in [1.165, 1.54) is 16.0 Å². The third-order valence-electron chi connectivity index (χ3n) is 6.81. The van der Waals surface area contributed by atoms with Crippen LogP contribution >= 0.6 is 11.6 Å². The highest BCUT2D eigenvalue weighted by Crippen LogP contribution is 2.30. The van der Waals surface area contributed by atoms with Gasteiger partial charge in [-0.05, 0) is 42.3 Å². The Morgan fingerprint density at radius 1 is 1.18 bits per heavy atom. The van der Waals surface area contributed by atoms with E-state index in [1.54, 1.807) is 37.1 Å². The van der Waals surface area contributed by atoms with Crippen LogP contribution in [0.1, 0.15) is 24.5 Å². The number of allylic oxidation sites excluding steroid dienone is 1. The highest BCUT2D eigenvalue weighted by atomic mass is 35.5. The van der Waals surface area contributed by atoms with Crippen molar-refractivity contribution in [1.29, 1.82) is 0 Å². The standard InChI is InChI=1S/C27H32ClN5O5/c1-4-20(34)13-23-26(36)31(15-19-7-5-6-8-22(19)28)16-24-32(23)25(35)17-30(2)33(24)27(37)29-14-18-9-11-21(38-3)12-10-18/h4-12,23-24,34H,13-17H2,1-3H3,(H,29,37)/b20-4-/t23?,24-/m0/s1. The second-order valence-electron chi connectivity index (χ2n) is 9.26. The molecular weight excluding hydrogens is 510 g/mol. The Hall–Kier alpha value is -3.76. The van der Waals surface area contributed by atoms with Crippen molar-refractivity contribution >= 4 is 29.4 Å². The molecule has 2 atom stereocenters. The topological polar surface area (TPSA) is 106 Å². The largest absolute Gasteiger partial charge is 0.513 e. The van der Waals surface area contributed by atoms with Gasteiger partial charge in [-0.1, -0.05) is 41.9 Å². The summed E-state index contributed by atoms with van der Waals surface area (Å²) in [5, 5.41) is 16.8. The van der Waals surface area contributed by atoms with E-state index in [2.05, 4.69) is 5.32 Å². The first-order valence-corrected chi connectivity index (χ1v) is 12.7. The fraction of sp³-hybridized carbons (Fsp3) is 0.370. The Labute approximate surface area is 227 Å². The number of amides is 4. The molecule has 0 saturated carbocycles. The summed E-state index contributed by atoms with van der Waals surface area (Å²) in [6, 6.07) is 13.2. The number of rotatable bonds is 7. The van der Waals surface area contributed by atoms with Crippen molar-refractivity contribution in [3.8, 4) is 5.75 Å². The van der Waals surface area contributed by atoms with Gasteiger partial charge in [-0.3, -0.25) is 9.59 Å². The minimum atomic E-state index is -0.967. The van der Waals surface area contributed by atoms with Crippen molar-refractivity contribution in [1.82, 2.24) is 25.1 Å². The lowest BCUT2D eigenvalue weighted by Gasteiger charge is -2.54. The Balaban J connectivity index is 1.61. The average Bonchev–Trinajstić information content (AvgIpc) is 2.91. The molecule has 0 aliphatic carbocycles. The Morgan fingerprint density at radius 2 is 1.89 bits per heavy atom. The zero-order valence-electron chi connectivity index (χ0n) is 21.6. The van der Waals surface area contributed by atoms with E-state index in [0.29, 0.717) is 10.8 Å². The highest BCUT2D eigenvalue weighted by Gasteiger charge is 2.50. The van der Waals surface area contributed by atoms with E-state index >= 15 is 0 Å². The number of fused-ring (bicyclic) bond motifs is 1. The fourth-order valence-corrected chi connectivity index (χ4v) is 4.99. The fourth-order valence-electron chi connectivity index (χ4n) is 4.80. The molecule has 202 valence electrons. The number of hydrogen-bond donors (Lipinski definition) is 2. The highest BCUT2D eigenvalue weighted by molar-refractivity contribution is 6.31. The van der Waals surface area contributed by atoms with Crippen molar-refractivity contribution in [3.05, 3.63) is 76.5 Å². The minimum absolute atomic E-state index is 0.0103. The summed E-state index contributed by atoms with van der Waals surface area (Å²) in [6.07, 6.45) is 0.670. The molecule has 1 unspecified atom stereocenters. The molecule has 2 aromatic rings. The van der Waals surface area contributed by atoms with Gasteiger partial charge in [-0.15, -0.1) is 0 Å². The Bertz CT molecular complexity index is 1220. The van der Waals surface area contributed by atoms with Gasteiger partial charge in [0, 0.05) is 31.6 Å². The smallest absolute Gasteiger partial charge is 0.334 e. The molecule has 4 rings (SSSR count). The van der Waals surface area contributed by atoms with E-state index in [1.807, 2.05) is 42.5 Å². The summed E-state index contributed by atoms with van der Waals surface area (Å²) < 4.78 is 5.19. The number of hydrogen-bond acceptors (Lipinski definition) is 6. The quantitative estimate of drug-likeness (QED) is 0.522. The number of likely N-dealkylation sites (N-methyl/N-ethyl adjacent to an activating group) is 1. The van der Waals surface area contributed by atoms with Crippen LogP contribution in [-0.2, 0) is 22.7 Å². The van der Waals surface area contributed by atoms with E-state index in [-0.39, 0.29) is 50.2 Å². The second-order valence-corrected chi connectivity index (χ2v) is 9.67. The van der Waals surface area contributed by atoms with Crippen LogP contribution in [0.2, 0.25) is 5.02 Å². The molecular formula is C27H32ClN5O5. The van der Waals surface area contributed by atoms with Crippen LogP contribution in [0.4, 0.5) is 4.79 Å². The lowest BCUT2D eigenvalue weighted by atomic mass is 10.0. The first-order valence-electron chi connectivity index (χ1n) is 12.3. The Morgan fingerprint density at radius 3 is 2.55 bits per heavy atom. The van der Waals surface area contributed by atoms with Gasteiger partial charge in [0.2, 0.25) is 11.8 Å². The molecule has 2 aliphatic rings. The van der Waals surface area contributed by atoms with Gasteiger partial charge >= 0.3 is 6.03 Å². The molecule has 0 radical (unpaired) electrons. The predicted molar refractivity (Wildman–Crippen MR) is 142 cm³/mol. The maximum Gasteiger partial charge on any atom is 0.334 e. The molecule has 38 heavy (non-hydrogen) atoms. The summed E-state index contributed by atoms with van der Waals surface area (Å²) in [5.41, 5.74) is 1.62. The van der Waals surface area contributed by atoms with Crippen LogP contribution in [0.3, 0.4) is 0 Å². The zero-order valence-corrected chi connectivity index (χ0v) is 22.4. The molecule has 0 aromatic heterocycles. The number of benzene rings is 2. The summed E-state index contributed by atoms with van der Waals surface area (Å²) in [5.74, 6) is 0.0947. The third kappa shape index (κ3) is 5.71. The molecule has 0 spiro atoms. The number of halogens is 1. The summed E-state index contributed by atoms with van der Waals surface area (Å²) in [4.78, 5) is 43.3. The molecule has 2 aromatic carbocycles. The van der Waals surface area contributed by atoms with Crippen LogP contribution in [-0.4, -0.2) is 82.2 Å². The maximum atomic E-state index is 13.6. The van der Waals surface area contributed by atoms with E-state index < -0.39 is 18.2 Å². The van der Waals surface area contributed by atoms with Crippen molar-refractivity contribution in [3.63, 3.8) is 0 Å². The van der Waals surface area contributed by atoms with Gasteiger partial charge in [0.15, 0.2) is 0 Å². The van der Waals surface area contributed by atoms with E-state index in [4.69, 9.17) is 16.3 Å². The number of aliphatic hydroxyl groups excluding tert-OH is 1. The van der Waals surface area contributed by atoms with Gasteiger partial charge in [0.05, 0.1) is 26.0 Å². The number of carbonyl (C=O) groups excluding carboxylic acids is 3. The SMILES string of the molecule is C/C=C(\O)CC1C(=O)N(Cc2ccccc2Cl)C[C@H]2N1C(=O)CN(C)N2C(=O)NCc1ccc(OC)cc1. The third-order valence-corrected chi connectivity index (χ3v) is 7.17. The number of carbonyl (C=O) groups is 3. The first-order chi connectivity index (χ1) is 18.2. The normalized spacial score (nSPS) is 20.4. The number of piperazine rings is 1. The molecule has 0 bridgehead atoms. The zero-order chi connectivity index (χ0) is 27.4. The number of aliphatic hydroxyl groups is 1. The second kappa shape index (κ2) is 11.7. The van der Waals surface area contributed by atoms with Gasteiger partial charge in [-0.25, -0.2) is 14.8 Å². The van der Waals surface area contributed by atoms with E-state index in [0.717, 1.165) is 11.1 Å². The summed E-state index contributed by atoms with van der Waals surface area (Å²) in [6.45, 7) is 2.13. The monoisotopic (exact) mass is 541 g/mol. The first kappa shape index (κ1) is 27.3. The van der Waals surface area contributed by atoms with Crippen LogP contribution in [0.5, 0.6) is 5.75 Å². The number of nitrogens with one attached hydrogen (secondary N) is 1.